The molecular weight excluding hydrogens is 1190 g/mol. The molecule has 2 aliphatic carbocycles. The van der Waals surface area contributed by atoms with Crippen molar-refractivity contribution in [3.63, 3.8) is 0 Å². The van der Waals surface area contributed by atoms with Gasteiger partial charge in [0, 0.05) is 12.5 Å². The van der Waals surface area contributed by atoms with Gasteiger partial charge in [-0.3, -0.25) is 0 Å². The molecule has 1 aliphatic heterocycles. The minimum Gasteiger partial charge on any atom is -0.393 e. The summed E-state index contributed by atoms with van der Waals surface area (Å²) in [6.07, 6.45) is 14.9. The van der Waals surface area contributed by atoms with Crippen LogP contribution < -0.4 is 0 Å². The highest BCUT2D eigenvalue weighted by atomic mass is 16.5. The molecule has 0 radical (unpaired) electrons. The van der Waals surface area contributed by atoms with Crippen molar-refractivity contribution >= 4 is 0 Å². The fourth-order valence-corrected chi connectivity index (χ4v) is 10.2. The van der Waals surface area contributed by atoms with Gasteiger partial charge in [0.05, 0.1) is 25.4 Å². The Morgan fingerprint density at radius 3 is 0.694 bits per heavy atom. The van der Waals surface area contributed by atoms with E-state index in [0.717, 1.165) is 114 Å². The second-order valence-electron chi connectivity index (χ2n) is 29.9. The van der Waals surface area contributed by atoms with Crippen molar-refractivity contribution in [2.24, 2.45) is 117 Å². The van der Waals surface area contributed by atoms with E-state index >= 15 is 0 Å². The van der Waals surface area contributed by atoms with Gasteiger partial charge in [-0.2, -0.15) is 0 Å². The van der Waals surface area contributed by atoms with Crippen LogP contribution in [0.5, 0.6) is 0 Å². The summed E-state index contributed by atoms with van der Waals surface area (Å²) in [6.45, 7) is 129. The van der Waals surface area contributed by atoms with Crippen LogP contribution >= 0.6 is 0 Å². The maximum Gasteiger partial charge on any atom is 0.0596 e. The molecule has 3 rings (SSSR count). The molecule has 2 atom stereocenters. The van der Waals surface area contributed by atoms with Crippen LogP contribution in [-0.4, -0.2) is 37.6 Å². The van der Waals surface area contributed by atoms with Gasteiger partial charge in [0.1, 0.15) is 0 Å². The minimum absolute atomic E-state index is 0.0833. The highest BCUT2D eigenvalue weighted by Gasteiger charge is 2.45. The van der Waals surface area contributed by atoms with E-state index in [1.807, 2.05) is 194 Å². The van der Waals surface area contributed by atoms with Gasteiger partial charge >= 0.3 is 0 Å². The maximum absolute atomic E-state index is 9.39. The van der Waals surface area contributed by atoms with Gasteiger partial charge in [-0.05, 0) is 182 Å². The molecule has 1 saturated heterocycles. The molecule has 2 unspecified atom stereocenters. The summed E-state index contributed by atoms with van der Waals surface area (Å²) in [5.74, 6) is 14.2. The average Bonchev–Trinajstić information content (AvgIpc) is 1.52. The van der Waals surface area contributed by atoms with Gasteiger partial charge in [-0.25, -0.2) is 0 Å². The molecule has 0 aromatic heterocycles. The Morgan fingerprint density at radius 2 is 0.602 bits per heavy atom. The van der Waals surface area contributed by atoms with Crippen LogP contribution in [0.2, 0.25) is 0 Å². The van der Waals surface area contributed by atoms with E-state index in [1.165, 1.54) is 57.8 Å². The third kappa shape index (κ3) is 112. The monoisotopic (exact) mass is 1420 g/mol. The zero-order valence-corrected chi connectivity index (χ0v) is 82.9. The summed E-state index contributed by atoms with van der Waals surface area (Å²) in [6, 6.07) is 0. The number of hydrogen-bond donors (Lipinski definition) is 1. The summed E-state index contributed by atoms with van der Waals surface area (Å²) in [5, 5.41) is 9.39. The van der Waals surface area contributed by atoms with Crippen LogP contribution in [0.15, 0.2) is 0 Å². The Balaban J connectivity index is -0.0000000448. The van der Waals surface area contributed by atoms with E-state index in [9.17, 15) is 5.11 Å². The lowest BCUT2D eigenvalue weighted by molar-refractivity contribution is -0.148. The van der Waals surface area contributed by atoms with Crippen molar-refractivity contribution in [1.29, 1.82) is 0 Å². The molecule has 98 heavy (non-hydrogen) atoms. The average molecular weight is 1420 g/mol. The summed E-state index contributed by atoms with van der Waals surface area (Å²) >= 11 is 0. The van der Waals surface area contributed by atoms with E-state index in [-0.39, 0.29) is 6.10 Å². The van der Waals surface area contributed by atoms with E-state index in [1.54, 1.807) is 7.11 Å². The van der Waals surface area contributed by atoms with Gasteiger partial charge in [0.25, 0.3) is 0 Å². The normalized spacial score (nSPS) is 14.4. The molecule has 0 amide bonds. The first kappa shape index (κ1) is 144. The second-order valence-corrected chi connectivity index (χ2v) is 29.9. The Morgan fingerprint density at radius 1 is 0.347 bits per heavy atom. The van der Waals surface area contributed by atoms with Crippen LogP contribution in [0.1, 0.15) is 479 Å². The number of hydrogen-bond acceptors (Lipinski definition) is 3. The first-order valence-corrected chi connectivity index (χ1v) is 44.5. The lowest BCUT2D eigenvalue weighted by atomic mass is 9.65. The van der Waals surface area contributed by atoms with Crippen molar-refractivity contribution < 1.29 is 14.6 Å². The number of methoxy groups -OCH3 is 1. The molecular formula is C95H226O3. The Kier molecular flexibility index (Phi) is 162. The topological polar surface area (TPSA) is 38.7 Å². The Hall–Kier alpha value is -0.120. The Bertz CT molecular complexity index is 1100. The summed E-state index contributed by atoms with van der Waals surface area (Å²) < 4.78 is 10.6. The van der Waals surface area contributed by atoms with Gasteiger partial charge in [-0.15, -0.1) is 0 Å². The number of rotatable bonds is 22. The van der Waals surface area contributed by atoms with Crippen molar-refractivity contribution in [3.8, 4) is 0 Å². The molecule has 1 heterocycles. The standard InChI is InChI=1S/C10H20O.2C10H20.C10H22.2C9H20O.C9H20.14C2H6/c1-8(2)5-10(9(3)4)6-11-7-10;1-7(2)9-5-10(6-9)8(3)4;1-8(2)7-10(5-6-10)9(3)4;1-8(2)7-10(5,6)9(3)4;1-7(2)6-9(10-5)8(3)4;1-7(2)5-9(10)6-8(3)4;1-7(2)6-9(5)8(3)4;14*1-2/h8-9H,5-7H2,1-4H3;7-10H,5-6H2,1-4H3;8-9H,5-7H2,1-4H3;8-9H,7H2,1-6H3;7-9H,6H2,1-5H3;7-10H,5-6H2,1-4H3;7-9H,6H2,1-5H3;14*1-2H3. The molecule has 3 nitrogen and oxygen atoms in total. The highest BCUT2D eigenvalue weighted by molar-refractivity contribution is 4.95. The molecule has 3 fully saturated rings. The first-order chi connectivity index (χ1) is 45.7. The van der Waals surface area contributed by atoms with E-state index in [4.69, 9.17) is 9.47 Å². The molecule has 0 spiro atoms. The lowest BCUT2D eigenvalue weighted by Gasteiger charge is -2.46. The third-order valence-electron chi connectivity index (χ3n) is 16.6. The minimum atomic E-state index is -0.0833. The fourth-order valence-electron chi connectivity index (χ4n) is 10.2. The molecule has 624 valence electrons. The van der Waals surface area contributed by atoms with E-state index in [0.29, 0.717) is 34.7 Å². The van der Waals surface area contributed by atoms with Gasteiger partial charge < -0.3 is 14.6 Å². The van der Waals surface area contributed by atoms with E-state index < -0.39 is 0 Å². The van der Waals surface area contributed by atoms with Crippen molar-refractivity contribution in [1.82, 2.24) is 0 Å². The van der Waals surface area contributed by atoms with Gasteiger partial charge in [0.15, 0.2) is 0 Å². The smallest absolute Gasteiger partial charge is 0.0596 e. The quantitative estimate of drug-likeness (QED) is 0.117. The maximum atomic E-state index is 9.39. The largest absolute Gasteiger partial charge is 0.393 e. The third-order valence-corrected chi connectivity index (χ3v) is 16.6. The molecule has 0 aromatic rings. The summed E-state index contributed by atoms with van der Waals surface area (Å²) in [7, 11) is 1.80. The van der Waals surface area contributed by atoms with Gasteiger partial charge in [0.2, 0.25) is 0 Å². The predicted octanol–water partition coefficient (Wildman–Crippen LogP) is 36.0. The fraction of sp³-hybridized carbons (Fsp3) is 1.00. The van der Waals surface area contributed by atoms with Crippen molar-refractivity contribution in [2.45, 2.75) is 491 Å². The van der Waals surface area contributed by atoms with E-state index in [2.05, 4.69) is 215 Å². The Labute approximate surface area is 639 Å². The van der Waals surface area contributed by atoms with Gasteiger partial charge in [-0.1, -0.05) is 409 Å². The molecule has 0 bridgehead atoms. The SMILES string of the molecule is CC.CC.CC.CC.CC.CC.CC.CC.CC.CC.CC.CC.CC.CC.CC(C)C1CC(C(C)C)C1.CC(C)CC(C)(C)C(C)C.CC(C)CC(C)C(C)C.CC(C)CC(O)CC(C)C.CC(C)CC1(C(C)C)CC1.CC(C)CC1(C(C)C)COC1.COC(CC(C)C)C(C)C. The molecule has 1 N–H and O–H groups in total. The zero-order valence-electron chi connectivity index (χ0n) is 82.9. The number of ether oxygens (including phenoxy) is 2. The first-order valence-electron chi connectivity index (χ1n) is 44.5. The molecule has 3 aliphatic rings. The summed E-state index contributed by atoms with van der Waals surface area (Å²) in [5.41, 5.74) is 1.82. The predicted molar refractivity (Wildman–Crippen MR) is 480 cm³/mol. The van der Waals surface area contributed by atoms with Crippen molar-refractivity contribution in [2.75, 3.05) is 20.3 Å². The van der Waals surface area contributed by atoms with Crippen molar-refractivity contribution in [3.05, 3.63) is 0 Å². The lowest BCUT2D eigenvalue weighted by Crippen LogP contribution is -2.47. The zero-order chi connectivity index (χ0) is 84.1. The number of aliphatic hydroxyl groups is 1. The number of aliphatic hydroxyl groups excluding tert-OH is 1. The second kappa shape index (κ2) is 110. The highest BCUT2D eigenvalue weighted by Crippen LogP contribution is 2.56. The van der Waals surface area contributed by atoms with Crippen LogP contribution in [-0.2, 0) is 9.47 Å². The van der Waals surface area contributed by atoms with Crippen LogP contribution in [0.4, 0.5) is 0 Å². The molecule has 2 saturated carbocycles. The van der Waals surface area contributed by atoms with Crippen LogP contribution in [0.25, 0.3) is 0 Å². The van der Waals surface area contributed by atoms with Crippen LogP contribution in [0, 0.1) is 117 Å². The van der Waals surface area contributed by atoms with Crippen LogP contribution in [0.3, 0.4) is 0 Å². The molecule has 0 aromatic carbocycles. The molecule has 3 heteroatoms. The summed E-state index contributed by atoms with van der Waals surface area (Å²) in [4.78, 5) is 0.